The number of nitrogens with one attached hydrogen (secondary N) is 1. The summed E-state index contributed by atoms with van der Waals surface area (Å²) >= 11 is 6.07. The molecule has 0 amide bonds. The molecule has 0 aliphatic heterocycles. The maximum Gasteiger partial charge on any atom is 0.174 e. The maximum absolute atomic E-state index is 12.0. The van der Waals surface area contributed by atoms with Gasteiger partial charge in [0.25, 0.3) is 0 Å². The number of hydrogen-bond donors (Lipinski definition) is 2. The first-order chi connectivity index (χ1) is 8.00. The minimum atomic E-state index is -0.138. The van der Waals surface area contributed by atoms with Crippen molar-refractivity contribution in [3.8, 4) is 0 Å². The predicted octanol–water partition coefficient (Wildman–Crippen LogP) is 1.11. The van der Waals surface area contributed by atoms with E-state index in [0.29, 0.717) is 22.0 Å². The molecule has 0 aliphatic rings. The van der Waals surface area contributed by atoms with Crippen LogP contribution in [0.15, 0.2) is 6.20 Å². The van der Waals surface area contributed by atoms with E-state index in [4.69, 9.17) is 17.3 Å². The molecule has 7 heteroatoms. The van der Waals surface area contributed by atoms with Gasteiger partial charge in [-0.15, -0.1) is 0 Å². The van der Waals surface area contributed by atoms with Gasteiger partial charge in [-0.2, -0.15) is 10.2 Å². The number of anilines is 1. The lowest BCUT2D eigenvalue weighted by Crippen LogP contribution is -2.09. The molecule has 0 saturated carbocycles. The van der Waals surface area contributed by atoms with Crippen LogP contribution in [0.1, 0.15) is 21.7 Å². The number of nitrogens with zero attached hydrogens (tertiary/aromatic N) is 3. The topological polar surface area (TPSA) is 89.6 Å². The monoisotopic (exact) mass is 253 g/mol. The van der Waals surface area contributed by atoms with Crippen molar-refractivity contribution in [1.29, 1.82) is 0 Å². The van der Waals surface area contributed by atoms with Crippen molar-refractivity contribution >= 4 is 23.2 Å². The molecular formula is C10H12ClN5O. The van der Waals surface area contributed by atoms with E-state index in [0.717, 1.165) is 0 Å². The summed E-state index contributed by atoms with van der Waals surface area (Å²) in [7, 11) is 1.75. The van der Waals surface area contributed by atoms with E-state index in [9.17, 15) is 4.79 Å². The highest BCUT2D eigenvalue weighted by Crippen LogP contribution is 2.21. The number of halogens is 1. The average molecular weight is 254 g/mol. The molecule has 3 N–H and O–H groups in total. The fraction of sp³-hybridized carbons (Fsp3) is 0.300. The van der Waals surface area contributed by atoms with Crippen molar-refractivity contribution in [2.45, 2.75) is 13.3 Å². The van der Waals surface area contributed by atoms with E-state index in [1.165, 1.54) is 6.20 Å². The van der Waals surface area contributed by atoms with E-state index in [2.05, 4.69) is 15.3 Å². The average Bonchev–Trinajstić information content (AvgIpc) is 2.78. The molecule has 0 aromatic carbocycles. The second-order valence-electron chi connectivity index (χ2n) is 3.77. The lowest BCUT2D eigenvalue weighted by atomic mass is 10.1. The molecule has 17 heavy (non-hydrogen) atoms. The second kappa shape index (κ2) is 4.21. The number of hydrogen-bond acceptors (Lipinski definition) is 4. The van der Waals surface area contributed by atoms with Gasteiger partial charge in [0, 0.05) is 7.05 Å². The Morgan fingerprint density at radius 3 is 2.82 bits per heavy atom. The van der Waals surface area contributed by atoms with Crippen LogP contribution in [0, 0.1) is 6.92 Å². The van der Waals surface area contributed by atoms with Gasteiger partial charge in [-0.1, -0.05) is 11.6 Å². The molecule has 0 bridgehead atoms. The minimum absolute atomic E-state index is 0.138. The molecular weight excluding hydrogens is 242 g/mol. The molecule has 6 nitrogen and oxygen atoms in total. The number of aromatic amines is 1. The van der Waals surface area contributed by atoms with Crippen LogP contribution in [0.5, 0.6) is 0 Å². The number of nitrogens with two attached hydrogens (primary N) is 1. The summed E-state index contributed by atoms with van der Waals surface area (Å²) < 4.78 is 1.60. The molecule has 2 heterocycles. The third-order valence-electron chi connectivity index (χ3n) is 2.56. The summed E-state index contributed by atoms with van der Waals surface area (Å²) in [5.41, 5.74) is 7.34. The van der Waals surface area contributed by atoms with Gasteiger partial charge in [-0.05, 0) is 6.92 Å². The van der Waals surface area contributed by atoms with Gasteiger partial charge >= 0.3 is 0 Å². The number of aromatic nitrogens is 4. The number of carbonyl (C=O) groups excluding carboxylic acids is 1. The lowest BCUT2D eigenvalue weighted by molar-refractivity contribution is 0.0991. The van der Waals surface area contributed by atoms with Crippen LogP contribution in [0.4, 0.5) is 5.82 Å². The molecule has 2 aromatic heterocycles. The standard InChI is InChI=1S/C10H12ClN5O/c1-5-9(11)7(16(2)15-5)3-8(17)6-4-13-14-10(6)12/h4H,3H2,1-2H3,(H3,12,13,14). The van der Waals surface area contributed by atoms with Crippen LogP contribution in [0.2, 0.25) is 5.02 Å². The Bertz CT molecular complexity index is 571. The molecule has 0 atom stereocenters. The van der Waals surface area contributed by atoms with E-state index in [1.54, 1.807) is 18.7 Å². The van der Waals surface area contributed by atoms with Crippen molar-refractivity contribution in [3.05, 3.63) is 28.2 Å². The Hall–Kier alpha value is -1.82. The number of aryl methyl sites for hydroxylation is 2. The van der Waals surface area contributed by atoms with Gasteiger partial charge < -0.3 is 5.73 Å². The second-order valence-corrected chi connectivity index (χ2v) is 4.14. The van der Waals surface area contributed by atoms with Gasteiger partial charge in [0.1, 0.15) is 5.82 Å². The van der Waals surface area contributed by atoms with E-state index < -0.39 is 0 Å². The number of Topliss-reactive ketones (excluding diaryl/α,β-unsaturated/α-hetero) is 1. The Labute approximate surface area is 103 Å². The van der Waals surface area contributed by atoms with Crippen molar-refractivity contribution in [2.24, 2.45) is 7.05 Å². The zero-order chi connectivity index (χ0) is 12.6. The first-order valence-electron chi connectivity index (χ1n) is 5.00. The zero-order valence-corrected chi connectivity index (χ0v) is 10.2. The van der Waals surface area contributed by atoms with Crippen LogP contribution in [-0.4, -0.2) is 25.8 Å². The molecule has 0 fully saturated rings. The van der Waals surface area contributed by atoms with Crippen molar-refractivity contribution in [2.75, 3.05) is 5.73 Å². The first-order valence-corrected chi connectivity index (χ1v) is 5.38. The highest BCUT2D eigenvalue weighted by Gasteiger charge is 2.18. The van der Waals surface area contributed by atoms with Crippen LogP contribution in [-0.2, 0) is 13.5 Å². The van der Waals surface area contributed by atoms with Gasteiger partial charge in [0.2, 0.25) is 0 Å². The number of ketones is 1. The fourth-order valence-corrected chi connectivity index (χ4v) is 1.86. The third kappa shape index (κ3) is 2.03. The predicted molar refractivity (Wildman–Crippen MR) is 64.0 cm³/mol. The smallest absolute Gasteiger partial charge is 0.174 e. The molecule has 0 saturated heterocycles. The fourth-order valence-electron chi connectivity index (χ4n) is 1.64. The Morgan fingerprint density at radius 2 is 2.35 bits per heavy atom. The van der Waals surface area contributed by atoms with E-state index in [-0.39, 0.29) is 18.0 Å². The highest BCUT2D eigenvalue weighted by molar-refractivity contribution is 6.32. The van der Waals surface area contributed by atoms with Crippen LogP contribution >= 0.6 is 11.6 Å². The van der Waals surface area contributed by atoms with Crippen molar-refractivity contribution in [1.82, 2.24) is 20.0 Å². The van der Waals surface area contributed by atoms with Crippen LogP contribution < -0.4 is 5.73 Å². The normalized spacial score (nSPS) is 10.8. The Kier molecular flexibility index (Phi) is 2.89. The van der Waals surface area contributed by atoms with Crippen LogP contribution in [0.3, 0.4) is 0 Å². The SMILES string of the molecule is Cc1nn(C)c(CC(=O)c2cn[nH]c2N)c1Cl. The summed E-state index contributed by atoms with van der Waals surface area (Å²) in [6.07, 6.45) is 1.56. The molecule has 0 spiro atoms. The molecule has 0 aliphatic carbocycles. The minimum Gasteiger partial charge on any atom is -0.383 e. The number of nitrogen functional groups attached to an aromatic ring is 1. The maximum atomic E-state index is 12.0. The van der Waals surface area contributed by atoms with E-state index >= 15 is 0 Å². The number of H-pyrrole nitrogens is 1. The Morgan fingerprint density at radius 1 is 1.65 bits per heavy atom. The van der Waals surface area contributed by atoms with Gasteiger partial charge in [-0.25, -0.2) is 0 Å². The molecule has 0 radical (unpaired) electrons. The van der Waals surface area contributed by atoms with Gasteiger partial charge in [0.05, 0.1) is 34.6 Å². The third-order valence-corrected chi connectivity index (χ3v) is 3.05. The van der Waals surface area contributed by atoms with Gasteiger partial charge in [-0.3, -0.25) is 14.6 Å². The highest BCUT2D eigenvalue weighted by atomic mass is 35.5. The number of rotatable bonds is 3. The Balaban J connectivity index is 2.28. The lowest BCUT2D eigenvalue weighted by Gasteiger charge is -2.01. The summed E-state index contributed by atoms with van der Waals surface area (Å²) in [5.74, 6) is 0.131. The summed E-state index contributed by atoms with van der Waals surface area (Å²) in [4.78, 5) is 12.0. The quantitative estimate of drug-likeness (QED) is 0.802. The van der Waals surface area contributed by atoms with Crippen molar-refractivity contribution in [3.63, 3.8) is 0 Å². The van der Waals surface area contributed by atoms with Crippen molar-refractivity contribution < 1.29 is 4.79 Å². The summed E-state index contributed by atoms with van der Waals surface area (Å²) in [5, 5.41) is 10.9. The summed E-state index contributed by atoms with van der Waals surface area (Å²) in [6, 6.07) is 0. The molecule has 2 rings (SSSR count). The first kappa shape index (κ1) is 11.7. The van der Waals surface area contributed by atoms with E-state index in [1.807, 2.05) is 0 Å². The molecule has 2 aromatic rings. The molecule has 0 unspecified atom stereocenters. The van der Waals surface area contributed by atoms with Crippen LogP contribution in [0.25, 0.3) is 0 Å². The zero-order valence-electron chi connectivity index (χ0n) is 9.49. The molecule has 90 valence electrons. The number of carbonyl (C=O) groups is 1. The van der Waals surface area contributed by atoms with Gasteiger partial charge in [0.15, 0.2) is 5.78 Å². The summed E-state index contributed by atoms with van der Waals surface area (Å²) in [6.45, 7) is 1.79. The largest absolute Gasteiger partial charge is 0.383 e.